The van der Waals surface area contributed by atoms with Crippen molar-refractivity contribution in [2.75, 3.05) is 0 Å². The summed E-state index contributed by atoms with van der Waals surface area (Å²) >= 11 is 0. The molecule has 0 atom stereocenters. The number of nitrogens with zero attached hydrogens (tertiary/aromatic N) is 1. The normalized spacial score (nSPS) is 10.7. The predicted octanol–water partition coefficient (Wildman–Crippen LogP) is 1.86. The van der Waals surface area contributed by atoms with Gasteiger partial charge in [0.05, 0.1) is 0 Å². The number of hydrogen-bond donors (Lipinski definition) is 1. The van der Waals surface area contributed by atoms with Crippen molar-refractivity contribution in [2.24, 2.45) is 0 Å². The average molecular weight is 237 g/mol. The standard InChI is InChI=1S/C15H12N2O/c18-15-7-6-13-8-9-17(11-14(13)16-15)10-12-4-2-1-3-5-12/h1-9,11H,10H2/p+1. The molecular formula is C15H13N2O+. The summed E-state index contributed by atoms with van der Waals surface area (Å²) in [7, 11) is 0. The molecule has 0 fully saturated rings. The SMILES string of the molecule is O=c1ccc2cc[n+](Cc3ccccc3)cc2[nH]1. The molecule has 2 heterocycles. The van der Waals surface area contributed by atoms with E-state index in [1.807, 2.05) is 42.7 Å². The molecular weight excluding hydrogens is 224 g/mol. The summed E-state index contributed by atoms with van der Waals surface area (Å²) < 4.78 is 2.06. The highest BCUT2D eigenvalue weighted by atomic mass is 16.1. The fourth-order valence-electron chi connectivity index (χ4n) is 2.03. The van der Waals surface area contributed by atoms with E-state index >= 15 is 0 Å². The molecule has 1 aromatic carbocycles. The largest absolute Gasteiger partial charge is 0.317 e. The van der Waals surface area contributed by atoms with Crippen LogP contribution in [-0.2, 0) is 6.54 Å². The van der Waals surface area contributed by atoms with Gasteiger partial charge in [0, 0.05) is 23.1 Å². The average Bonchev–Trinajstić information content (AvgIpc) is 2.39. The minimum Gasteiger partial charge on any atom is -0.317 e. The molecule has 0 aliphatic carbocycles. The van der Waals surface area contributed by atoms with E-state index in [1.54, 1.807) is 6.07 Å². The lowest BCUT2D eigenvalue weighted by atomic mass is 10.2. The summed E-state index contributed by atoms with van der Waals surface area (Å²) in [5.74, 6) is 0. The van der Waals surface area contributed by atoms with E-state index in [-0.39, 0.29) is 5.56 Å². The van der Waals surface area contributed by atoms with Crippen molar-refractivity contribution in [1.29, 1.82) is 0 Å². The summed E-state index contributed by atoms with van der Waals surface area (Å²) in [6.07, 6.45) is 3.98. The third-order valence-corrected chi connectivity index (χ3v) is 2.93. The molecule has 18 heavy (non-hydrogen) atoms. The van der Waals surface area contributed by atoms with E-state index in [2.05, 4.69) is 21.7 Å². The third kappa shape index (κ3) is 2.15. The first-order chi connectivity index (χ1) is 8.81. The van der Waals surface area contributed by atoms with Gasteiger partial charge in [0.1, 0.15) is 5.52 Å². The number of pyridine rings is 2. The number of rotatable bonds is 2. The monoisotopic (exact) mass is 237 g/mol. The van der Waals surface area contributed by atoms with Gasteiger partial charge in [-0.05, 0) is 6.07 Å². The van der Waals surface area contributed by atoms with Crippen LogP contribution in [-0.4, -0.2) is 4.98 Å². The third-order valence-electron chi connectivity index (χ3n) is 2.93. The number of aromatic nitrogens is 2. The molecule has 0 radical (unpaired) electrons. The maximum atomic E-state index is 11.3. The Morgan fingerprint density at radius 1 is 1.00 bits per heavy atom. The Hall–Kier alpha value is -2.42. The van der Waals surface area contributed by atoms with Crippen LogP contribution in [0.5, 0.6) is 0 Å². The van der Waals surface area contributed by atoms with Crippen LogP contribution in [0, 0.1) is 0 Å². The van der Waals surface area contributed by atoms with Crippen molar-refractivity contribution in [3.05, 3.63) is 76.8 Å². The van der Waals surface area contributed by atoms with Crippen LogP contribution >= 0.6 is 0 Å². The van der Waals surface area contributed by atoms with Gasteiger partial charge in [-0.1, -0.05) is 30.3 Å². The Kier molecular flexibility index (Phi) is 2.65. The van der Waals surface area contributed by atoms with Gasteiger partial charge < -0.3 is 4.98 Å². The number of benzene rings is 1. The van der Waals surface area contributed by atoms with Crippen LogP contribution < -0.4 is 10.1 Å². The van der Waals surface area contributed by atoms with Gasteiger partial charge >= 0.3 is 0 Å². The van der Waals surface area contributed by atoms with Gasteiger partial charge in [-0.15, -0.1) is 0 Å². The van der Waals surface area contributed by atoms with E-state index < -0.39 is 0 Å². The highest BCUT2D eigenvalue weighted by Crippen LogP contribution is 2.05. The summed E-state index contributed by atoms with van der Waals surface area (Å²) in [5, 5.41) is 1.04. The summed E-state index contributed by atoms with van der Waals surface area (Å²) in [6, 6.07) is 15.6. The summed E-state index contributed by atoms with van der Waals surface area (Å²) in [5.41, 5.74) is 2.03. The number of hydrogen-bond acceptors (Lipinski definition) is 1. The molecule has 1 N–H and O–H groups in total. The Labute approximate surface area is 104 Å². The zero-order valence-corrected chi connectivity index (χ0v) is 9.84. The second kappa shape index (κ2) is 4.45. The van der Waals surface area contributed by atoms with Gasteiger partial charge in [-0.2, -0.15) is 4.57 Å². The highest BCUT2D eigenvalue weighted by Gasteiger charge is 2.04. The summed E-state index contributed by atoms with van der Waals surface area (Å²) in [4.78, 5) is 14.1. The van der Waals surface area contributed by atoms with E-state index in [0.717, 1.165) is 17.4 Å². The van der Waals surface area contributed by atoms with Crippen molar-refractivity contribution < 1.29 is 4.57 Å². The van der Waals surface area contributed by atoms with Crippen molar-refractivity contribution in [3.63, 3.8) is 0 Å². The molecule has 0 aliphatic heterocycles. The van der Waals surface area contributed by atoms with Crippen LogP contribution in [0.2, 0.25) is 0 Å². The fraction of sp³-hybridized carbons (Fsp3) is 0.0667. The molecule has 0 saturated carbocycles. The smallest absolute Gasteiger partial charge is 0.248 e. The molecule has 0 amide bonds. The second-order valence-electron chi connectivity index (χ2n) is 4.29. The van der Waals surface area contributed by atoms with E-state index in [9.17, 15) is 4.79 Å². The first-order valence-electron chi connectivity index (χ1n) is 5.87. The van der Waals surface area contributed by atoms with Crippen LogP contribution in [0.4, 0.5) is 0 Å². The van der Waals surface area contributed by atoms with Gasteiger partial charge in [-0.25, -0.2) is 0 Å². The van der Waals surface area contributed by atoms with E-state index in [0.29, 0.717) is 0 Å². The molecule has 0 unspecified atom stereocenters. The van der Waals surface area contributed by atoms with Gasteiger partial charge in [0.2, 0.25) is 5.56 Å². The van der Waals surface area contributed by atoms with Gasteiger partial charge in [-0.3, -0.25) is 4.79 Å². The van der Waals surface area contributed by atoms with Gasteiger partial charge in [0.25, 0.3) is 0 Å². The maximum Gasteiger partial charge on any atom is 0.248 e. The Balaban J connectivity index is 2.00. The van der Waals surface area contributed by atoms with Crippen LogP contribution in [0.25, 0.3) is 10.9 Å². The van der Waals surface area contributed by atoms with E-state index in [1.165, 1.54) is 5.56 Å². The summed E-state index contributed by atoms with van der Waals surface area (Å²) in [6.45, 7) is 0.799. The first-order valence-corrected chi connectivity index (χ1v) is 5.87. The molecule has 0 bridgehead atoms. The minimum absolute atomic E-state index is 0.0695. The molecule has 3 aromatic rings. The zero-order chi connectivity index (χ0) is 12.4. The highest BCUT2D eigenvalue weighted by molar-refractivity contribution is 5.75. The zero-order valence-electron chi connectivity index (χ0n) is 9.84. The van der Waals surface area contributed by atoms with Crippen molar-refractivity contribution in [2.45, 2.75) is 6.54 Å². The molecule has 3 heteroatoms. The first kappa shape index (κ1) is 10.7. The quantitative estimate of drug-likeness (QED) is 0.679. The number of nitrogens with one attached hydrogen (secondary N) is 1. The van der Waals surface area contributed by atoms with Crippen LogP contribution in [0.3, 0.4) is 0 Å². The van der Waals surface area contributed by atoms with Gasteiger partial charge in [0.15, 0.2) is 18.9 Å². The lowest BCUT2D eigenvalue weighted by molar-refractivity contribution is -0.687. The molecule has 0 spiro atoms. The molecule has 0 aliphatic rings. The Morgan fingerprint density at radius 2 is 1.83 bits per heavy atom. The lowest BCUT2D eigenvalue weighted by Crippen LogP contribution is -2.33. The molecule has 3 rings (SSSR count). The number of fused-ring (bicyclic) bond motifs is 1. The van der Waals surface area contributed by atoms with Crippen molar-refractivity contribution >= 4 is 10.9 Å². The van der Waals surface area contributed by atoms with Crippen LogP contribution in [0.15, 0.2) is 65.7 Å². The number of aromatic amines is 1. The van der Waals surface area contributed by atoms with Crippen molar-refractivity contribution in [3.8, 4) is 0 Å². The van der Waals surface area contributed by atoms with Crippen molar-refractivity contribution in [1.82, 2.24) is 4.98 Å². The Morgan fingerprint density at radius 3 is 2.67 bits per heavy atom. The fourth-order valence-corrected chi connectivity index (χ4v) is 2.03. The molecule has 0 saturated heterocycles. The topological polar surface area (TPSA) is 36.7 Å². The van der Waals surface area contributed by atoms with Crippen LogP contribution in [0.1, 0.15) is 5.56 Å². The lowest BCUT2D eigenvalue weighted by Gasteiger charge is -1.99. The second-order valence-corrected chi connectivity index (χ2v) is 4.29. The molecule has 3 nitrogen and oxygen atoms in total. The maximum absolute atomic E-state index is 11.3. The predicted molar refractivity (Wildman–Crippen MR) is 70.3 cm³/mol. The van der Waals surface area contributed by atoms with E-state index in [4.69, 9.17) is 0 Å². The molecule has 2 aromatic heterocycles. The Bertz CT molecular complexity index is 732. The minimum atomic E-state index is -0.0695. The molecule has 88 valence electrons. The number of H-pyrrole nitrogens is 1.